The van der Waals surface area contributed by atoms with Gasteiger partial charge in [-0.3, -0.25) is 14.9 Å². The molecule has 8 heteroatoms. The van der Waals surface area contributed by atoms with E-state index >= 15 is 0 Å². The summed E-state index contributed by atoms with van der Waals surface area (Å²) in [5.74, 6) is 1.00. The van der Waals surface area contributed by atoms with Crippen molar-refractivity contribution in [2.45, 2.75) is 19.8 Å². The van der Waals surface area contributed by atoms with Crippen LogP contribution in [0.25, 0.3) is 0 Å². The van der Waals surface area contributed by atoms with Crippen LogP contribution < -0.4 is 15.4 Å². The maximum Gasteiger partial charge on any atom is 0.257 e. The first-order valence-electron chi connectivity index (χ1n) is 10.7. The lowest BCUT2D eigenvalue weighted by molar-refractivity contribution is 0.0697. The molecule has 2 N–H and O–H groups in total. The van der Waals surface area contributed by atoms with Gasteiger partial charge in [0.1, 0.15) is 12.4 Å². The highest BCUT2D eigenvalue weighted by atomic mass is 32.1. The molecule has 1 heterocycles. The molecule has 0 atom stereocenters. The Labute approximate surface area is 194 Å². The molecule has 0 saturated carbocycles. The van der Waals surface area contributed by atoms with Gasteiger partial charge in [0.25, 0.3) is 11.8 Å². The highest BCUT2D eigenvalue weighted by Crippen LogP contribution is 2.20. The Morgan fingerprint density at radius 1 is 1.06 bits per heavy atom. The van der Waals surface area contributed by atoms with Crippen molar-refractivity contribution in [1.82, 2.24) is 10.2 Å². The van der Waals surface area contributed by atoms with E-state index in [0.717, 1.165) is 25.9 Å². The fraction of sp³-hybridized carbons (Fsp3) is 0.375. The van der Waals surface area contributed by atoms with Crippen molar-refractivity contribution < 1.29 is 19.1 Å². The van der Waals surface area contributed by atoms with E-state index in [9.17, 15) is 9.59 Å². The van der Waals surface area contributed by atoms with Crippen LogP contribution in [-0.4, -0.2) is 55.2 Å². The van der Waals surface area contributed by atoms with Crippen molar-refractivity contribution >= 4 is 34.8 Å². The number of likely N-dealkylation sites (tertiary alicyclic amines) is 1. The molecule has 2 aromatic rings. The summed E-state index contributed by atoms with van der Waals surface area (Å²) in [6, 6.07) is 13.9. The van der Waals surface area contributed by atoms with Gasteiger partial charge >= 0.3 is 0 Å². The van der Waals surface area contributed by atoms with Crippen molar-refractivity contribution in [3.05, 3.63) is 59.7 Å². The number of piperidine rings is 1. The van der Waals surface area contributed by atoms with Gasteiger partial charge in [0.15, 0.2) is 5.11 Å². The number of hydrogen-bond donors (Lipinski definition) is 2. The van der Waals surface area contributed by atoms with Gasteiger partial charge in [0, 0.05) is 37.0 Å². The van der Waals surface area contributed by atoms with E-state index in [2.05, 4.69) is 17.6 Å². The van der Waals surface area contributed by atoms with Gasteiger partial charge in [0.05, 0.1) is 6.61 Å². The molecule has 1 aliphatic rings. The Kier molecular flexibility index (Phi) is 8.58. The third kappa shape index (κ3) is 6.77. The number of benzene rings is 2. The van der Waals surface area contributed by atoms with E-state index in [-0.39, 0.29) is 16.9 Å². The number of anilines is 1. The van der Waals surface area contributed by atoms with Crippen LogP contribution in [0.5, 0.6) is 5.75 Å². The van der Waals surface area contributed by atoms with Crippen LogP contribution in [0.2, 0.25) is 0 Å². The van der Waals surface area contributed by atoms with Gasteiger partial charge in [-0.15, -0.1) is 0 Å². The lowest BCUT2D eigenvalue weighted by Gasteiger charge is -2.30. The third-order valence-electron chi connectivity index (χ3n) is 5.34. The van der Waals surface area contributed by atoms with Gasteiger partial charge in [0.2, 0.25) is 0 Å². The van der Waals surface area contributed by atoms with Crippen LogP contribution in [0, 0.1) is 5.92 Å². The standard InChI is InChI=1S/C24H29N3O4S/c1-17-10-12-27(13-11-17)23(29)19-4-3-5-20(16-19)25-24(32)26-22(28)18-6-8-21(9-7-18)31-15-14-30-2/h3-9,16-17H,10-15H2,1-2H3,(H2,25,26,28,32). The summed E-state index contributed by atoms with van der Waals surface area (Å²) >= 11 is 5.28. The highest BCUT2D eigenvalue weighted by molar-refractivity contribution is 7.80. The summed E-state index contributed by atoms with van der Waals surface area (Å²) < 4.78 is 10.4. The summed E-state index contributed by atoms with van der Waals surface area (Å²) in [5, 5.41) is 5.80. The first kappa shape index (κ1) is 23.7. The smallest absolute Gasteiger partial charge is 0.257 e. The van der Waals surface area contributed by atoms with Crippen LogP contribution in [-0.2, 0) is 4.74 Å². The zero-order valence-corrected chi connectivity index (χ0v) is 19.2. The topological polar surface area (TPSA) is 79.9 Å². The molecule has 170 valence electrons. The number of amides is 2. The van der Waals surface area contributed by atoms with Crippen LogP contribution in [0.1, 0.15) is 40.5 Å². The summed E-state index contributed by atoms with van der Waals surface area (Å²) in [5.41, 5.74) is 1.70. The fourth-order valence-electron chi connectivity index (χ4n) is 3.41. The molecule has 2 aromatic carbocycles. The molecule has 0 aliphatic carbocycles. The summed E-state index contributed by atoms with van der Waals surface area (Å²) in [7, 11) is 1.61. The Hall–Kier alpha value is -2.97. The van der Waals surface area contributed by atoms with Gasteiger partial charge < -0.3 is 19.7 Å². The summed E-state index contributed by atoms with van der Waals surface area (Å²) in [4.78, 5) is 27.2. The second kappa shape index (κ2) is 11.6. The zero-order chi connectivity index (χ0) is 22.9. The van der Waals surface area contributed by atoms with Crippen molar-refractivity contribution in [3.8, 4) is 5.75 Å². The maximum atomic E-state index is 12.8. The maximum absolute atomic E-state index is 12.8. The Morgan fingerprint density at radius 2 is 1.78 bits per heavy atom. The minimum Gasteiger partial charge on any atom is -0.491 e. The minimum atomic E-state index is -0.333. The second-order valence-electron chi connectivity index (χ2n) is 7.83. The molecule has 0 unspecified atom stereocenters. The van der Waals surface area contributed by atoms with E-state index in [1.165, 1.54) is 0 Å². The lowest BCUT2D eigenvalue weighted by atomic mass is 9.98. The number of methoxy groups -OCH3 is 1. The molecule has 2 amide bonds. The van der Waals surface area contributed by atoms with Crippen LogP contribution in [0.3, 0.4) is 0 Å². The van der Waals surface area contributed by atoms with Crippen LogP contribution in [0.4, 0.5) is 5.69 Å². The van der Waals surface area contributed by atoms with Crippen LogP contribution in [0.15, 0.2) is 48.5 Å². The summed E-state index contributed by atoms with van der Waals surface area (Å²) in [6.07, 6.45) is 2.06. The minimum absolute atomic E-state index is 0.0170. The molecular weight excluding hydrogens is 426 g/mol. The van der Waals surface area contributed by atoms with Gasteiger partial charge in [-0.05, 0) is 73.4 Å². The average molecular weight is 456 g/mol. The molecule has 0 spiro atoms. The molecule has 32 heavy (non-hydrogen) atoms. The molecule has 1 aliphatic heterocycles. The van der Waals surface area contributed by atoms with Crippen LogP contribution >= 0.6 is 12.2 Å². The predicted molar refractivity (Wildman–Crippen MR) is 128 cm³/mol. The van der Waals surface area contributed by atoms with Gasteiger partial charge in [-0.1, -0.05) is 13.0 Å². The molecule has 0 aromatic heterocycles. The second-order valence-corrected chi connectivity index (χ2v) is 8.24. The normalized spacial score (nSPS) is 14.0. The zero-order valence-electron chi connectivity index (χ0n) is 18.4. The Morgan fingerprint density at radius 3 is 2.47 bits per heavy atom. The Bertz CT molecular complexity index is 941. The average Bonchev–Trinajstić information content (AvgIpc) is 2.80. The fourth-order valence-corrected chi connectivity index (χ4v) is 3.62. The van der Waals surface area contributed by atoms with Crippen molar-refractivity contribution in [3.63, 3.8) is 0 Å². The van der Waals surface area contributed by atoms with Gasteiger partial charge in [-0.2, -0.15) is 0 Å². The lowest BCUT2D eigenvalue weighted by Crippen LogP contribution is -2.38. The molecule has 7 nitrogen and oxygen atoms in total. The number of thiocarbonyl (C=S) groups is 1. The van der Waals surface area contributed by atoms with E-state index in [0.29, 0.717) is 41.7 Å². The predicted octanol–water partition coefficient (Wildman–Crippen LogP) is 3.71. The van der Waals surface area contributed by atoms with E-state index in [1.54, 1.807) is 55.6 Å². The molecular formula is C24H29N3O4S. The van der Waals surface area contributed by atoms with Crippen molar-refractivity contribution in [2.75, 3.05) is 38.7 Å². The van der Waals surface area contributed by atoms with E-state index in [1.807, 2.05) is 4.90 Å². The molecule has 0 bridgehead atoms. The highest BCUT2D eigenvalue weighted by Gasteiger charge is 2.21. The summed E-state index contributed by atoms with van der Waals surface area (Å²) in [6.45, 7) is 4.71. The number of nitrogens with one attached hydrogen (secondary N) is 2. The van der Waals surface area contributed by atoms with Crippen molar-refractivity contribution in [1.29, 1.82) is 0 Å². The van der Waals surface area contributed by atoms with E-state index < -0.39 is 0 Å². The number of hydrogen-bond acceptors (Lipinski definition) is 5. The number of carbonyl (C=O) groups is 2. The monoisotopic (exact) mass is 455 g/mol. The SMILES string of the molecule is COCCOc1ccc(C(=O)NC(=S)Nc2cccc(C(=O)N3CCC(C)CC3)c2)cc1. The molecule has 1 saturated heterocycles. The number of carbonyl (C=O) groups excluding carboxylic acids is 2. The largest absolute Gasteiger partial charge is 0.491 e. The molecule has 3 rings (SSSR count). The molecule has 0 radical (unpaired) electrons. The van der Waals surface area contributed by atoms with Crippen molar-refractivity contribution in [2.24, 2.45) is 5.92 Å². The number of ether oxygens (including phenoxy) is 2. The third-order valence-corrected chi connectivity index (χ3v) is 5.54. The van der Waals surface area contributed by atoms with E-state index in [4.69, 9.17) is 21.7 Å². The first-order valence-corrected chi connectivity index (χ1v) is 11.1. The Balaban J connectivity index is 1.54. The quantitative estimate of drug-likeness (QED) is 0.489. The first-order chi connectivity index (χ1) is 15.5. The number of nitrogens with zero attached hydrogens (tertiary/aromatic N) is 1. The van der Waals surface area contributed by atoms with Gasteiger partial charge in [-0.25, -0.2) is 0 Å². The number of rotatable bonds is 7. The molecule has 1 fully saturated rings.